The molecule has 0 N–H and O–H groups in total. The van der Waals surface area contributed by atoms with E-state index in [0.29, 0.717) is 16.7 Å². The predicted octanol–water partition coefficient (Wildman–Crippen LogP) is 8.12. The smallest absolute Gasteiger partial charge is 0.136 e. The van der Waals surface area contributed by atoms with E-state index in [1.807, 2.05) is 13.8 Å². The fourth-order valence-corrected chi connectivity index (χ4v) is 9.08. The van der Waals surface area contributed by atoms with E-state index in [-0.39, 0.29) is 0 Å². The molecule has 0 amide bonds. The molecule has 4 aliphatic carbocycles. The second-order valence-electron chi connectivity index (χ2n) is 11.8. The summed E-state index contributed by atoms with van der Waals surface area (Å²) < 4.78 is 2.23. The van der Waals surface area contributed by atoms with Crippen molar-refractivity contribution < 1.29 is 0 Å². The van der Waals surface area contributed by atoms with E-state index in [1.165, 1.54) is 63.5 Å². The van der Waals surface area contributed by atoms with Crippen LogP contribution in [-0.2, 0) is 0 Å². The summed E-state index contributed by atoms with van der Waals surface area (Å²) in [6, 6.07) is 6.38. The van der Waals surface area contributed by atoms with Crippen LogP contribution in [0.2, 0.25) is 0 Å². The third-order valence-corrected chi connectivity index (χ3v) is 10.7. The number of rotatable bonds is 1. The molecule has 4 aliphatic rings. The van der Waals surface area contributed by atoms with Gasteiger partial charge in [0.25, 0.3) is 0 Å². The summed E-state index contributed by atoms with van der Waals surface area (Å²) in [7, 11) is 0. The molecular formula is C29H44N2. The third kappa shape index (κ3) is 3.22. The Balaban J connectivity index is 0.000000994. The van der Waals surface area contributed by atoms with Gasteiger partial charge in [0.1, 0.15) is 5.65 Å². The first-order valence-corrected chi connectivity index (χ1v) is 13.4. The number of hydrogen-bond donors (Lipinski definition) is 0. The number of hydrogen-bond acceptors (Lipinski definition) is 1. The molecule has 0 aromatic carbocycles. The third-order valence-electron chi connectivity index (χ3n) is 10.7. The Bertz CT molecular complexity index is 881. The van der Waals surface area contributed by atoms with Crippen molar-refractivity contribution in [2.75, 3.05) is 0 Å². The number of pyridine rings is 1. The second kappa shape index (κ2) is 7.92. The zero-order valence-corrected chi connectivity index (χ0v) is 20.6. The number of aromatic nitrogens is 2. The van der Waals surface area contributed by atoms with Crippen molar-refractivity contribution in [3.05, 3.63) is 36.3 Å². The van der Waals surface area contributed by atoms with Gasteiger partial charge in [-0.2, -0.15) is 0 Å². The zero-order valence-electron chi connectivity index (χ0n) is 20.6. The molecular weight excluding hydrogens is 376 g/mol. The largest absolute Gasteiger partial charge is 0.307 e. The lowest BCUT2D eigenvalue weighted by Crippen LogP contribution is -2.53. The highest BCUT2D eigenvalue weighted by Crippen LogP contribution is 2.69. The predicted molar refractivity (Wildman–Crippen MR) is 130 cm³/mol. The Morgan fingerprint density at radius 3 is 2.48 bits per heavy atom. The van der Waals surface area contributed by atoms with Crippen molar-refractivity contribution in [1.29, 1.82) is 0 Å². The van der Waals surface area contributed by atoms with Crippen LogP contribution in [-0.4, -0.2) is 9.38 Å². The van der Waals surface area contributed by atoms with Crippen LogP contribution in [0.3, 0.4) is 0 Å². The Kier molecular flexibility index (Phi) is 5.50. The fraction of sp³-hybridized carbons (Fsp3) is 0.759. The zero-order chi connectivity index (χ0) is 21.8. The quantitative estimate of drug-likeness (QED) is 0.455. The highest BCUT2D eigenvalue weighted by atomic mass is 15.0. The molecule has 0 radical (unpaired) electrons. The van der Waals surface area contributed by atoms with Crippen LogP contribution in [0.1, 0.15) is 104 Å². The van der Waals surface area contributed by atoms with Crippen LogP contribution >= 0.6 is 0 Å². The van der Waals surface area contributed by atoms with Crippen molar-refractivity contribution in [3.63, 3.8) is 0 Å². The van der Waals surface area contributed by atoms with Gasteiger partial charge in [-0.05, 0) is 104 Å². The van der Waals surface area contributed by atoms with Gasteiger partial charge in [-0.15, -0.1) is 0 Å². The fourth-order valence-electron chi connectivity index (χ4n) is 9.08. The average Bonchev–Trinajstić information content (AvgIpc) is 3.36. The lowest BCUT2D eigenvalue weighted by atomic mass is 9.44. The summed E-state index contributed by atoms with van der Waals surface area (Å²) in [5.74, 6) is 5.52. The van der Waals surface area contributed by atoms with Crippen LogP contribution in [0.25, 0.3) is 5.65 Å². The van der Waals surface area contributed by atoms with Crippen molar-refractivity contribution >= 4 is 5.65 Å². The number of imidazole rings is 1. The average molecular weight is 421 g/mol. The van der Waals surface area contributed by atoms with E-state index >= 15 is 0 Å². The van der Waals surface area contributed by atoms with E-state index in [0.717, 1.165) is 35.2 Å². The van der Waals surface area contributed by atoms with Gasteiger partial charge in [-0.3, -0.25) is 0 Å². The summed E-state index contributed by atoms with van der Waals surface area (Å²) in [6.45, 7) is 11.9. The summed E-state index contributed by atoms with van der Waals surface area (Å²) in [5.41, 5.74) is 3.58. The minimum absolute atomic E-state index is 0.463. The van der Waals surface area contributed by atoms with Gasteiger partial charge in [0, 0.05) is 18.3 Å². The van der Waals surface area contributed by atoms with Crippen molar-refractivity contribution in [3.8, 4) is 0 Å². The minimum atomic E-state index is 0.463. The monoisotopic (exact) mass is 420 g/mol. The molecule has 4 fully saturated rings. The summed E-state index contributed by atoms with van der Waals surface area (Å²) in [6.07, 6.45) is 17.7. The normalized spacial score (nSPS) is 44.0. The molecule has 2 nitrogen and oxygen atoms in total. The first kappa shape index (κ1) is 21.5. The molecule has 4 saturated carbocycles. The van der Waals surface area contributed by atoms with E-state index in [9.17, 15) is 0 Å². The molecule has 0 saturated heterocycles. The van der Waals surface area contributed by atoms with E-state index in [4.69, 9.17) is 4.98 Å². The maximum absolute atomic E-state index is 5.09. The van der Waals surface area contributed by atoms with Gasteiger partial charge in [0.2, 0.25) is 0 Å². The molecule has 8 unspecified atom stereocenters. The van der Waals surface area contributed by atoms with Gasteiger partial charge in [-0.1, -0.05) is 47.1 Å². The molecule has 2 heteroatoms. The van der Waals surface area contributed by atoms with Crippen LogP contribution in [0.4, 0.5) is 0 Å². The Hall–Kier alpha value is -1.31. The SMILES string of the molecule is CC.CC1CCC2(C)C(CCC3C2CCC2(C)C(c4cn5ccccc5n4)CCC32)C1. The molecule has 31 heavy (non-hydrogen) atoms. The Morgan fingerprint density at radius 1 is 0.903 bits per heavy atom. The van der Waals surface area contributed by atoms with Crippen LogP contribution in [0.5, 0.6) is 0 Å². The van der Waals surface area contributed by atoms with Crippen molar-refractivity contribution in [1.82, 2.24) is 9.38 Å². The molecule has 170 valence electrons. The van der Waals surface area contributed by atoms with Gasteiger partial charge < -0.3 is 4.40 Å². The Labute approximate surface area is 190 Å². The lowest BCUT2D eigenvalue weighted by molar-refractivity contribution is -0.112. The minimum Gasteiger partial charge on any atom is -0.307 e. The summed E-state index contributed by atoms with van der Waals surface area (Å²) >= 11 is 0. The maximum atomic E-state index is 5.09. The maximum Gasteiger partial charge on any atom is 0.136 e. The number of fused-ring (bicyclic) bond motifs is 6. The van der Waals surface area contributed by atoms with E-state index in [2.05, 4.69) is 55.8 Å². The van der Waals surface area contributed by atoms with E-state index < -0.39 is 0 Å². The highest BCUT2D eigenvalue weighted by Gasteiger charge is 2.60. The standard InChI is InChI=1S/C27H38N2.C2H6/c1-18-11-13-26(2)19(16-18)7-8-20-21-9-10-23(27(21,3)14-12-22(20)26)24-17-29-15-5-4-6-25(29)28-24;1-2/h4-6,15,17-23H,7-14,16H2,1-3H3;1-2H3. The van der Waals surface area contributed by atoms with Gasteiger partial charge in [0.15, 0.2) is 0 Å². The molecule has 8 atom stereocenters. The molecule has 6 rings (SSSR count). The summed E-state index contributed by atoms with van der Waals surface area (Å²) in [4.78, 5) is 5.09. The molecule has 0 aliphatic heterocycles. The molecule has 2 heterocycles. The Morgan fingerprint density at radius 2 is 1.68 bits per heavy atom. The second-order valence-corrected chi connectivity index (χ2v) is 11.8. The highest BCUT2D eigenvalue weighted by molar-refractivity contribution is 5.40. The summed E-state index contributed by atoms with van der Waals surface area (Å²) in [5, 5.41) is 0. The lowest BCUT2D eigenvalue weighted by Gasteiger charge is -2.61. The molecule has 0 spiro atoms. The molecule has 0 bridgehead atoms. The van der Waals surface area contributed by atoms with Crippen LogP contribution in [0, 0.1) is 40.4 Å². The van der Waals surface area contributed by atoms with E-state index in [1.54, 1.807) is 0 Å². The van der Waals surface area contributed by atoms with Gasteiger partial charge in [-0.25, -0.2) is 4.98 Å². The molecule has 2 aromatic rings. The van der Waals surface area contributed by atoms with Gasteiger partial charge >= 0.3 is 0 Å². The number of nitrogens with zero attached hydrogens (tertiary/aromatic N) is 2. The van der Waals surface area contributed by atoms with Crippen molar-refractivity contribution in [2.45, 2.75) is 98.3 Å². The van der Waals surface area contributed by atoms with Crippen LogP contribution in [0.15, 0.2) is 30.6 Å². The van der Waals surface area contributed by atoms with Crippen molar-refractivity contribution in [2.24, 2.45) is 40.4 Å². The molecule has 2 aromatic heterocycles. The first-order chi connectivity index (χ1) is 15.0. The van der Waals surface area contributed by atoms with Gasteiger partial charge in [0.05, 0.1) is 5.69 Å². The van der Waals surface area contributed by atoms with Crippen LogP contribution < -0.4 is 0 Å². The first-order valence-electron chi connectivity index (χ1n) is 13.4. The topological polar surface area (TPSA) is 17.3 Å².